The van der Waals surface area contributed by atoms with Crippen LogP contribution in [0.25, 0.3) is 0 Å². The van der Waals surface area contributed by atoms with Crippen LogP contribution < -0.4 is 0 Å². The summed E-state index contributed by atoms with van der Waals surface area (Å²) in [5, 5.41) is 4.01. The fourth-order valence-corrected chi connectivity index (χ4v) is 2.39. The maximum absolute atomic E-state index is 5.74. The Kier molecular flexibility index (Phi) is 5.79. The van der Waals surface area contributed by atoms with Gasteiger partial charge in [-0.25, -0.2) is 0 Å². The van der Waals surface area contributed by atoms with Crippen molar-refractivity contribution in [3.05, 3.63) is 11.7 Å². The molecule has 1 aromatic rings. The van der Waals surface area contributed by atoms with Gasteiger partial charge in [0.1, 0.15) is 0 Å². The molecule has 1 fully saturated rings. The Balaban J connectivity index is 1.74. The summed E-state index contributed by atoms with van der Waals surface area (Å²) in [5.41, 5.74) is 0. The largest absolute Gasteiger partial charge is 0.377 e. The molecule has 1 unspecified atom stereocenters. The van der Waals surface area contributed by atoms with Crippen LogP contribution >= 0.6 is 0 Å². The number of hydrogen-bond donors (Lipinski definition) is 0. The van der Waals surface area contributed by atoms with E-state index in [2.05, 4.69) is 29.0 Å². The molecule has 0 aliphatic carbocycles. The summed E-state index contributed by atoms with van der Waals surface area (Å²) in [6, 6.07) is 0. The van der Waals surface area contributed by atoms with Crippen LogP contribution in [0.2, 0.25) is 0 Å². The molecule has 0 radical (unpaired) electrons. The fraction of sp³-hybridized carbons (Fsp3) is 0.857. The highest BCUT2D eigenvalue weighted by Gasteiger charge is 2.17. The normalized spacial score (nSPS) is 20.1. The summed E-state index contributed by atoms with van der Waals surface area (Å²) >= 11 is 0. The van der Waals surface area contributed by atoms with Gasteiger partial charge < -0.3 is 9.26 Å². The Labute approximate surface area is 115 Å². The Morgan fingerprint density at radius 2 is 2.26 bits per heavy atom. The lowest BCUT2D eigenvalue weighted by molar-refractivity contribution is -0.00382. The summed E-state index contributed by atoms with van der Waals surface area (Å²) in [7, 11) is 2.08. The molecule has 19 heavy (non-hydrogen) atoms. The number of aryl methyl sites for hydroxylation is 1. The molecule has 1 atom stereocenters. The molecule has 5 nitrogen and oxygen atoms in total. The summed E-state index contributed by atoms with van der Waals surface area (Å²) in [4.78, 5) is 6.62. The van der Waals surface area contributed by atoms with E-state index in [0.717, 1.165) is 44.7 Å². The lowest BCUT2D eigenvalue weighted by Gasteiger charge is -2.26. The molecular weight excluding hydrogens is 242 g/mol. The molecule has 1 aromatic heterocycles. The molecule has 0 N–H and O–H groups in total. The quantitative estimate of drug-likeness (QED) is 0.759. The van der Waals surface area contributed by atoms with Crippen LogP contribution in [-0.4, -0.2) is 41.3 Å². The van der Waals surface area contributed by atoms with Crippen LogP contribution in [0.1, 0.15) is 50.7 Å². The molecule has 1 saturated heterocycles. The van der Waals surface area contributed by atoms with E-state index in [1.54, 1.807) is 0 Å². The van der Waals surface area contributed by atoms with E-state index in [1.807, 2.05) is 0 Å². The van der Waals surface area contributed by atoms with Gasteiger partial charge in [0, 0.05) is 19.6 Å². The molecule has 0 aromatic carbocycles. The maximum atomic E-state index is 5.74. The summed E-state index contributed by atoms with van der Waals surface area (Å²) in [5.74, 6) is 1.54. The van der Waals surface area contributed by atoms with Crippen LogP contribution in [0, 0.1) is 0 Å². The van der Waals surface area contributed by atoms with Crippen molar-refractivity contribution in [1.29, 1.82) is 0 Å². The van der Waals surface area contributed by atoms with Gasteiger partial charge in [-0.15, -0.1) is 0 Å². The average molecular weight is 267 g/mol. The van der Waals surface area contributed by atoms with E-state index in [1.165, 1.54) is 12.8 Å². The van der Waals surface area contributed by atoms with E-state index in [4.69, 9.17) is 9.26 Å². The highest BCUT2D eigenvalue weighted by molar-refractivity contribution is 4.86. The number of unbranched alkanes of at least 4 members (excludes halogenated alkanes) is 1. The van der Waals surface area contributed by atoms with Crippen molar-refractivity contribution < 1.29 is 9.26 Å². The summed E-state index contributed by atoms with van der Waals surface area (Å²) in [6.07, 6.45) is 7.19. The minimum absolute atomic E-state index is 0.362. The van der Waals surface area contributed by atoms with Crippen molar-refractivity contribution >= 4 is 0 Å². The highest BCUT2D eigenvalue weighted by Crippen LogP contribution is 2.14. The van der Waals surface area contributed by atoms with Crippen LogP contribution in [-0.2, 0) is 17.7 Å². The van der Waals surface area contributed by atoms with Gasteiger partial charge in [-0.3, -0.25) is 4.90 Å². The van der Waals surface area contributed by atoms with E-state index in [9.17, 15) is 0 Å². The Hall–Kier alpha value is -0.940. The Morgan fingerprint density at radius 1 is 1.37 bits per heavy atom. The van der Waals surface area contributed by atoms with Gasteiger partial charge in [0.05, 0.1) is 12.6 Å². The van der Waals surface area contributed by atoms with Gasteiger partial charge in [-0.05, 0) is 32.7 Å². The lowest BCUT2D eigenvalue weighted by Crippen LogP contribution is -2.33. The molecule has 0 saturated carbocycles. The van der Waals surface area contributed by atoms with E-state index in [-0.39, 0.29) is 0 Å². The van der Waals surface area contributed by atoms with Gasteiger partial charge >= 0.3 is 0 Å². The third-order valence-electron chi connectivity index (χ3n) is 3.46. The molecular formula is C14H25N3O2. The molecule has 2 heterocycles. The molecule has 0 amide bonds. The number of aromatic nitrogens is 2. The third kappa shape index (κ3) is 4.91. The topological polar surface area (TPSA) is 51.4 Å². The first-order valence-corrected chi connectivity index (χ1v) is 7.39. The molecule has 0 spiro atoms. The number of hydrogen-bond acceptors (Lipinski definition) is 5. The zero-order chi connectivity index (χ0) is 13.5. The van der Waals surface area contributed by atoms with Crippen LogP contribution in [0.4, 0.5) is 0 Å². The Bertz CT molecular complexity index is 361. The highest BCUT2D eigenvalue weighted by atomic mass is 16.5. The van der Waals surface area contributed by atoms with E-state index >= 15 is 0 Å². The molecule has 1 aliphatic heterocycles. The Morgan fingerprint density at radius 3 is 3.00 bits per heavy atom. The molecule has 0 bridgehead atoms. The SMILES string of the molecule is CCCCc1noc(CN(C)CC2CCCCO2)n1. The lowest BCUT2D eigenvalue weighted by atomic mass is 10.1. The summed E-state index contributed by atoms with van der Waals surface area (Å²) in [6.45, 7) is 4.71. The predicted molar refractivity (Wildman–Crippen MR) is 72.8 cm³/mol. The fourth-order valence-electron chi connectivity index (χ4n) is 2.39. The van der Waals surface area contributed by atoms with Crippen molar-refractivity contribution in [2.24, 2.45) is 0 Å². The number of nitrogens with zero attached hydrogens (tertiary/aromatic N) is 3. The molecule has 2 rings (SSSR count). The first-order chi connectivity index (χ1) is 9.28. The predicted octanol–water partition coefficient (Wildman–Crippen LogP) is 2.41. The number of ether oxygens (including phenoxy) is 1. The maximum Gasteiger partial charge on any atom is 0.240 e. The van der Waals surface area contributed by atoms with Crippen molar-refractivity contribution in [3.63, 3.8) is 0 Å². The second-order valence-electron chi connectivity index (χ2n) is 5.39. The minimum Gasteiger partial charge on any atom is -0.377 e. The van der Waals surface area contributed by atoms with Gasteiger partial charge in [0.2, 0.25) is 5.89 Å². The number of rotatable bonds is 7. The molecule has 1 aliphatic rings. The van der Waals surface area contributed by atoms with Gasteiger partial charge in [-0.1, -0.05) is 18.5 Å². The van der Waals surface area contributed by atoms with Crippen LogP contribution in [0.3, 0.4) is 0 Å². The monoisotopic (exact) mass is 267 g/mol. The van der Waals surface area contributed by atoms with Gasteiger partial charge in [-0.2, -0.15) is 4.98 Å². The van der Waals surface area contributed by atoms with Crippen molar-refractivity contribution in [2.75, 3.05) is 20.2 Å². The second-order valence-corrected chi connectivity index (χ2v) is 5.39. The first kappa shape index (κ1) is 14.5. The smallest absolute Gasteiger partial charge is 0.240 e. The zero-order valence-corrected chi connectivity index (χ0v) is 12.1. The number of likely N-dealkylation sites (N-methyl/N-ethyl adjacent to an activating group) is 1. The van der Waals surface area contributed by atoms with E-state index in [0.29, 0.717) is 18.5 Å². The van der Waals surface area contributed by atoms with Crippen LogP contribution in [0.15, 0.2) is 4.52 Å². The molecule has 5 heteroatoms. The minimum atomic E-state index is 0.362. The van der Waals surface area contributed by atoms with Crippen molar-refractivity contribution in [3.8, 4) is 0 Å². The average Bonchev–Trinajstić information content (AvgIpc) is 2.85. The van der Waals surface area contributed by atoms with E-state index < -0.39 is 0 Å². The van der Waals surface area contributed by atoms with Crippen LogP contribution in [0.5, 0.6) is 0 Å². The zero-order valence-electron chi connectivity index (χ0n) is 12.1. The first-order valence-electron chi connectivity index (χ1n) is 7.39. The summed E-state index contributed by atoms with van der Waals surface area (Å²) < 4.78 is 11.0. The van der Waals surface area contributed by atoms with Gasteiger partial charge in [0.15, 0.2) is 5.82 Å². The standard InChI is InChI=1S/C14H25N3O2/c1-3-4-8-13-15-14(19-16-13)11-17(2)10-12-7-5-6-9-18-12/h12H,3-11H2,1-2H3. The van der Waals surface area contributed by atoms with Crippen molar-refractivity contribution in [1.82, 2.24) is 15.0 Å². The molecule has 108 valence electrons. The second kappa shape index (κ2) is 7.60. The third-order valence-corrected chi connectivity index (χ3v) is 3.46. The van der Waals surface area contributed by atoms with Gasteiger partial charge in [0.25, 0.3) is 0 Å². The van der Waals surface area contributed by atoms with Crippen molar-refractivity contribution in [2.45, 2.75) is 58.1 Å².